The van der Waals surface area contributed by atoms with Crippen LogP contribution in [0.4, 0.5) is 23.7 Å². The number of halogens is 3. The summed E-state index contributed by atoms with van der Waals surface area (Å²) in [5.74, 6) is -0.158. The second kappa shape index (κ2) is 11.8. The number of rotatable bonds is 10. The Morgan fingerprint density at radius 2 is 1.76 bits per heavy atom. The molecule has 0 spiro atoms. The monoisotopic (exact) mass is 564 g/mol. The first-order valence-corrected chi connectivity index (χ1v) is 13.0. The van der Waals surface area contributed by atoms with E-state index < -0.39 is 23.9 Å². The van der Waals surface area contributed by atoms with Crippen LogP contribution in [-0.4, -0.2) is 38.4 Å². The number of pyridine rings is 1. The highest BCUT2D eigenvalue weighted by atomic mass is 19.4. The van der Waals surface area contributed by atoms with Gasteiger partial charge in [0.25, 0.3) is 5.91 Å². The SMILES string of the molecule is O=C(O)NCc1cccc(-n2nc(C(F)(F)F)cc2C(=O)Nc2cccc(C(NCC3CC3)c3ccncc3)c2)c1. The Labute approximate surface area is 233 Å². The van der Waals surface area contributed by atoms with Crippen molar-refractivity contribution in [2.45, 2.75) is 31.6 Å². The van der Waals surface area contributed by atoms with E-state index in [0.717, 1.165) is 22.4 Å². The summed E-state index contributed by atoms with van der Waals surface area (Å²) in [7, 11) is 0. The predicted octanol–water partition coefficient (Wildman–Crippen LogP) is 5.40. The van der Waals surface area contributed by atoms with E-state index in [0.29, 0.717) is 23.2 Å². The Bertz CT molecular complexity index is 1540. The number of carbonyl (C=O) groups is 2. The van der Waals surface area contributed by atoms with Crippen molar-refractivity contribution in [1.29, 1.82) is 0 Å². The highest BCUT2D eigenvalue weighted by molar-refractivity contribution is 6.03. The third-order valence-corrected chi connectivity index (χ3v) is 6.66. The maximum absolute atomic E-state index is 13.6. The van der Waals surface area contributed by atoms with Gasteiger partial charge in [-0.25, -0.2) is 9.48 Å². The van der Waals surface area contributed by atoms with E-state index in [9.17, 15) is 22.8 Å². The van der Waals surface area contributed by atoms with E-state index in [2.05, 4.69) is 26.0 Å². The molecule has 9 nitrogen and oxygen atoms in total. The molecule has 5 rings (SSSR count). The molecule has 0 radical (unpaired) electrons. The van der Waals surface area contributed by atoms with Crippen molar-refractivity contribution in [3.05, 3.63) is 107 Å². The molecule has 2 amide bonds. The predicted molar refractivity (Wildman–Crippen MR) is 145 cm³/mol. The maximum atomic E-state index is 13.6. The van der Waals surface area contributed by atoms with E-state index in [1.807, 2.05) is 18.2 Å². The third-order valence-electron chi connectivity index (χ3n) is 6.66. The van der Waals surface area contributed by atoms with Gasteiger partial charge >= 0.3 is 12.3 Å². The number of aromatic nitrogens is 3. The van der Waals surface area contributed by atoms with Crippen molar-refractivity contribution in [3.8, 4) is 5.69 Å². The summed E-state index contributed by atoms with van der Waals surface area (Å²) >= 11 is 0. The smallest absolute Gasteiger partial charge is 0.435 e. The molecule has 2 aromatic heterocycles. The molecule has 41 heavy (non-hydrogen) atoms. The Kier molecular flexibility index (Phi) is 8.02. The lowest BCUT2D eigenvalue weighted by molar-refractivity contribution is -0.141. The maximum Gasteiger partial charge on any atom is 0.435 e. The van der Waals surface area contributed by atoms with Crippen molar-refractivity contribution in [1.82, 2.24) is 25.4 Å². The first-order chi connectivity index (χ1) is 19.7. The summed E-state index contributed by atoms with van der Waals surface area (Å²) in [5, 5.41) is 21.0. The van der Waals surface area contributed by atoms with Crippen molar-refractivity contribution in [2.24, 2.45) is 5.92 Å². The second-order valence-electron chi connectivity index (χ2n) is 9.80. The van der Waals surface area contributed by atoms with Gasteiger partial charge in [-0.1, -0.05) is 24.3 Å². The van der Waals surface area contributed by atoms with Crippen LogP contribution in [0.3, 0.4) is 0 Å². The van der Waals surface area contributed by atoms with Crippen molar-refractivity contribution in [2.75, 3.05) is 11.9 Å². The Morgan fingerprint density at radius 3 is 2.46 bits per heavy atom. The topological polar surface area (TPSA) is 121 Å². The minimum Gasteiger partial charge on any atom is -0.465 e. The Hall–Kier alpha value is -4.71. The molecule has 1 aliphatic rings. The Morgan fingerprint density at radius 1 is 1.00 bits per heavy atom. The minimum absolute atomic E-state index is 0.0711. The van der Waals surface area contributed by atoms with Crippen molar-refractivity contribution < 1.29 is 27.9 Å². The van der Waals surface area contributed by atoms with Crippen LogP contribution in [-0.2, 0) is 12.7 Å². The number of benzene rings is 2. The molecule has 0 bridgehead atoms. The van der Waals surface area contributed by atoms with Crippen LogP contribution in [0.15, 0.2) is 79.1 Å². The number of amides is 2. The molecule has 12 heteroatoms. The highest BCUT2D eigenvalue weighted by Crippen LogP contribution is 2.32. The van der Waals surface area contributed by atoms with E-state index in [1.165, 1.54) is 25.0 Å². The summed E-state index contributed by atoms with van der Waals surface area (Å²) in [6, 6.07) is 17.6. The highest BCUT2D eigenvalue weighted by Gasteiger charge is 2.36. The molecular formula is C29H27F3N6O3. The molecule has 4 N–H and O–H groups in total. The lowest BCUT2D eigenvalue weighted by atomic mass is 9.99. The second-order valence-corrected chi connectivity index (χ2v) is 9.80. The lowest BCUT2D eigenvalue weighted by Crippen LogP contribution is -2.25. The summed E-state index contributed by atoms with van der Waals surface area (Å²) in [4.78, 5) is 28.3. The molecule has 4 aromatic rings. The molecule has 1 saturated carbocycles. The number of alkyl halides is 3. The molecule has 2 aromatic carbocycles. The Balaban J connectivity index is 1.43. The van der Waals surface area contributed by atoms with Gasteiger partial charge in [-0.15, -0.1) is 0 Å². The molecule has 1 atom stereocenters. The van der Waals surface area contributed by atoms with Gasteiger partial charge in [-0.3, -0.25) is 9.78 Å². The average Bonchev–Trinajstić information content (AvgIpc) is 3.66. The molecule has 212 valence electrons. The normalized spacial score (nSPS) is 13.9. The summed E-state index contributed by atoms with van der Waals surface area (Å²) in [6.45, 7) is 0.766. The number of carboxylic acid groups (broad SMARTS) is 1. The van der Waals surface area contributed by atoms with Gasteiger partial charge < -0.3 is 21.1 Å². The van der Waals surface area contributed by atoms with E-state index in [1.54, 1.807) is 42.7 Å². The lowest BCUT2D eigenvalue weighted by Gasteiger charge is -2.20. The number of anilines is 1. The van der Waals surface area contributed by atoms with Crippen LogP contribution in [0.25, 0.3) is 5.69 Å². The summed E-state index contributed by atoms with van der Waals surface area (Å²) in [6.07, 6.45) is -0.256. The molecule has 2 heterocycles. The van der Waals surface area contributed by atoms with Crippen LogP contribution in [0.1, 0.15) is 51.8 Å². The molecule has 1 fully saturated rings. The number of nitrogens with zero attached hydrogens (tertiary/aromatic N) is 3. The number of nitrogens with one attached hydrogen (secondary N) is 3. The molecular weight excluding hydrogens is 537 g/mol. The number of hydrogen-bond donors (Lipinski definition) is 4. The first-order valence-electron chi connectivity index (χ1n) is 13.0. The minimum atomic E-state index is -4.78. The molecule has 0 aliphatic heterocycles. The number of carbonyl (C=O) groups excluding carboxylic acids is 1. The fourth-order valence-electron chi connectivity index (χ4n) is 4.44. The zero-order valence-corrected chi connectivity index (χ0v) is 21.7. The third kappa shape index (κ3) is 7.09. The molecule has 1 aliphatic carbocycles. The van der Waals surface area contributed by atoms with Gasteiger partial charge in [0.2, 0.25) is 0 Å². The van der Waals surface area contributed by atoms with Gasteiger partial charge in [0.05, 0.1) is 11.7 Å². The standard InChI is InChI=1S/C29H27F3N6O3/c30-29(31,32)25-15-24(38(37-25)23-6-1-3-19(13-23)17-35-28(40)41)27(39)36-22-5-2-4-21(14-22)26(34-16-18-7-8-18)20-9-11-33-12-10-20/h1-6,9-15,18,26,34-35H,7-8,16-17H2,(H,36,39)(H,40,41). The van der Waals surface area contributed by atoms with Crippen molar-refractivity contribution >= 4 is 17.7 Å². The fourth-order valence-corrected chi connectivity index (χ4v) is 4.44. The van der Waals surface area contributed by atoms with Crippen molar-refractivity contribution in [3.63, 3.8) is 0 Å². The van der Waals surface area contributed by atoms with Gasteiger partial charge in [-0.2, -0.15) is 18.3 Å². The first kappa shape index (κ1) is 27.8. The molecule has 1 unspecified atom stereocenters. The zero-order chi connectivity index (χ0) is 29.0. The summed E-state index contributed by atoms with van der Waals surface area (Å²) < 4.78 is 41.8. The van der Waals surface area contributed by atoms with Gasteiger partial charge in [0, 0.05) is 30.7 Å². The van der Waals surface area contributed by atoms with Crippen LogP contribution >= 0.6 is 0 Å². The number of hydrogen-bond acceptors (Lipinski definition) is 5. The largest absolute Gasteiger partial charge is 0.465 e. The van der Waals surface area contributed by atoms with E-state index >= 15 is 0 Å². The summed E-state index contributed by atoms with van der Waals surface area (Å²) in [5.41, 5.74) is 1.36. The fraction of sp³-hybridized carbons (Fsp3) is 0.241. The molecule has 0 saturated heterocycles. The van der Waals surface area contributed by atoms with E-state index in [-0.39, 0.29) is 24.0 Å². The van der Waals surface area contributed by atoms with Crippen LogP contribution in [0, 0.1) is 5.92 Å². The van der Waals surface area contributed by atoms with Gasteiger partial charge in [-0.05, 0) is 78.4 Å². The van der Waals surface area contributed by atoms with Gasteiger partial charge in [0.1, 0.15) is 5.69 Å². The van der Waals surface area contributed by atoms with Crippen LogP contribution < -0.4 is 16.0 Å². The zero-order valence-electron chi connectivity index (χ0n) is 21.7. The van der Waals surface area contributed by atoms with Crippen LogP contribution in [0.2, 0.25) is 0 Å². The van der Waals surface area contributed by atoms with Crippen LogP contribution in [0.5, 0.6) is 0 Å². The van der Waals surface area contributed by atoms with E-state index in [4.69, 9.17) is 5.11 Å². The quantitative estimate of drug-likeness (QED) is 0.205. The average molecular weight is 565 g/mol. The van der Waals surface area contributed by atoms with Gasteiger partial charge in [0.15, 0.2) is 5.69 Å².